The SMILES string of the molecule is CC1OCCC1NCC(=O)Nc1c(F)cccc1F. The van der Waals surface area contributed by atoms with Crippen molar-refractivity contribution in [3.8, 4) is 0 Å². The van der Waals surface area contributed by atoms with Crippen LogP contribution in [0.1, 0.15) is 13.3 Å². The molecular weight excluding hydrogens is 254 g/mol. The van der Waals surface area contributed by atoms with Crippen molar-refractivity contribution in [1.82, 2.24) is 5.32 Å². The monoisotopic (exact) mass is 270 g/mol. The number of carbonyl (C=O) groups is 1. The van der Waals surface area contributed by atoms with Crippen LogP contribution in [0, 0.1) is 11.6 Å². The highest BCUT2D eigenvalue weighted by atomic mass is 19.1. The Morgan fingerprint density at radius 1 is 1.42 bits per heavy atom. The molecule has 0 aliphatic carbocycles. The summed E-state index contributed by atoms with van der Waals surface area (Å²) in [6.45, 7) is 2.56. The standard InChI is InChI=1S/C13H16F2N2O2/c1-8-11(5-6-19-8)16-7-12(18)17-13-9(14)3-2-4-10(13)15/h2-4,8,11,16H,5-7H2,1H3,(H,17,18). The van der Waals surface area contributed by atoms with Gasteiger partial charge in [-0.15, -0.1) is 0 Å². The van der Waals surface area contributed by atoms with Crippen molar-refractivity contribution in [3.05, 3.63) is 29.8 Å². The third-order valence-electron chi connectivity index (χ3n) is 3.13. The van der Waals surface area contributed by atoms with Crippen LogP contribution >= 0.6 is 0 Å². The largest absolute Gasteiger partial charge is 0.377 e. The van der Waals surface area contributed by atoms with Crippen LogP contribution in [0.2, 0.25) is 0 Å². The van der Waals surface area contributed by atoms with E-state index < -0.39 is 23.2 Å². The topological polar surface area (TPSA) is 50.4 Å². The van der Waals surface area contributed by atoms with Crippen LogP contribution in [0.3, 0.4) is 0 Å². The van der Waals surface area contributed by atoms with Crippen LogP contribution in [-0.4, -0.2) is 31.2 Å². The van der Waals surface area contributed by atoms with E-state index in [2.05, 4.69) is 10.6 Å². The lowest BCUT2D eigenvalue weighted by molar-refractivity contribution is -0.115. The minimum absolute atomic E-state index is 0.00780. The number of hydrogen-bond acceptors (Lipinski definition) is 3. The zero-order valence-electron chi connectivity index (χ0n) is 10.6. The number of benzene rings is 1. The fourth-order valence-corrected chi connectivity index (χ4v) is 2.02. The lowest BCUT2D eigenvalue weighted by Gasteiger charge is -2.15. The van der Waals surface area contributed by atoms with E-state index in [1.807, 2.05) is 6.92 Å². The molecule has 1 aliphatic heterocycles. The average molecular weight is 270 g/mol. The summed E-state index contributed by atoms with van der Waals surface area (Å²) in [4.78, 5) is 11.6. The highest BCUT2D eigenvalue weighted by molar-refractivity contribution is 5.92. The molecule has 2 rings (SSSR count). The molecule has 6 heteroatoms. The third kappa shape index (κ3) is 3.48. The number of nitrogens with one attached hydrogen (secondary N) is 2. The summed E-state index contributed by atoms with van der Waals surface area (Å²) in [5.41, 5.74) is -0.412. The van der Waals surface area contributed by atoms with Crippen molar-refractivity contribution in [1.29, 1.82) is 0 Å². The molecule has 0 bridgehead atoms. The number of halogens is 2. The Morgan fingerprint density at radius 3 is 2.68 bits per heavy atom. The Bertz CT molecular complexity index is 448. The molecule has 1 fully saturated rings. The first kappa shape index (κ1) is 13.9. The van der Waals surface area contributed by atoms with Crippen molar-refractivity contribution in [2.45, 2.75) is 25.5 Å². The van der Waals surface area contributed by atoms with Gasteiger partial charge in [-0.25, -0.2) is 8.78 Å². The average Bonchev–Trinajstić information content (AvgIpc) is 2.77. The second-order valence-electron chi connectivity index (χ2n) is 4.50. The Kier molecular flexibility index (Phi) is 4.44. The second kappa shape index (κ2) is 6.08. The smallest absolute Gasteiger partial charge is 0.238 e. The third-order valence-corrected chi connectivity index (χ3v) is 3.13. The molecule has 2 atom stereocenters. The van der Waals surface area contributed by atoms with Crippen molar-refractivity contribution < 1.29 is 18.3 Å². The quantitative estimate of drug-likeness (QED) is 0.875. The summed E-state index contributed by atoms with van der Waals surface area (Å²) in [5, 5.41) is 5.23. The summed E-state index contributed by atoms with van der Waals surface area (Å²) in [6, 6.07) is 3.53. The van der Waals surface area contributed by atoms with Crippen LogP contribution in [0.4, 0.5) is 14.5 Å². The van der Waals surface area contributed by atoms with E-state index in [0.717, 1.165) is 18.6 Å². The first-order valence-corrected chi connectivity index (χ1v) is 6.17. The molecule has 0 radical (unpaired) electrons. The van der Waals surface area contributed by atoms with E-state index in [1.165, 1.54) is 6.07 Å². The molecule has 2 unspecified atom stereocenters. The van der Waals surface area contributed by atoms with E-state index in [1.54, 1.807) is 0 Å². The normalized spacial score (nSPS) is 22.5. The second-order valence-corrected chi connectivity index (χ2v) is 4.50. The Labute approximate surface area is 110 Å². The van der Waals surface area contributed by atoms with Crippen LogP contribution < -0.4 is 10.6 Å². The predicted molar refractivity (Wildman–Crippen MR) is 66.8 cm³/mol. The van der Waals surface area contributed by atoms with Crippen LogP contribution in [0.5, 0.6) is 0 Å². The van der Waals surface area contributed by atoms with Crippen molar-refractivity contribution in [2.75, 3.05) is 18.5 Å². The summed E-state index contributed by atoms with van der Waals surface area (Å²) in [7, 11) is 0. The molecule has 1 aliphatic rings. The Hall–Kier alpha value is -1.53. The zero-order valence-corrected chi connectivity index (χ0v) is 10.6. The van der Waals surface area contributed by atoms with E-state index in [4.69, 9.17) is 4.74 Å². The fraction of sp³-hybridized carbons (Fsp3) is 0.462. The number of amides is 1. The van der Waals surface area contributed by atoms with E-state index in [9.17, 15) is 13.6 Å². The molecule has 1 amide bonds. The summed E-state index contributed by atoms with van der Waals surface area (Å²) in [6.07, 6.45) is 0.862. The van der Waals surface area contributed by atoms with Gasteiger partial charge < -0.3 is 15.4 Å². The molecule has 1 aromatic carbocycles. The lowest BCUT2D eigenvalue weighted by Crippen LogP contribution is -2.39. The van der Waals surface area contributed by atoms with Gasteiger partial charge in [0.2, 0.25) is 5.91 Å². The van der Waals surface area contributed by atoms with Gasteiger partial charge in [0.05, 0.1) is 12.6 Å². The van der Waals surface area contributed by atoms with Crippen molar-refractivity contribution in [2.24, 2.45) is 0 Å². The van der Waals surface area contributed by atoms with Crippen LogP contribution in [0.15, 0.2) is 18.2 Å². The number of ether oxygens (including phenoxy) is 1. The maximum atomic E-state index is 13.3. The Morgan fingerprint density at radius 2 is 2.11 bits per heavy atom. The van der Waals surface area contributed by atoms with Crippen LogP contribution in [-0.2, 0) is 9.53 Å². The van der Waals surface area contributed by atoms with Gasteiger partial charge >= 0.3 is 0 Å². The number of para-hydroxylation sites is 1. The summed E-state index contributed by atoms with van der Waals surface area (Å²) < 4.78 is 32.0. The van der Waals surface area contributed by atoms with E-state index in [-0.39, 0.29) is 18.7 Å². The lowest BCUT2D eigenvalue weighted by atomic mass is 10.1. The molecule has 2 N–H and O–H groups in total. The minimum atomic E-state index is -0.786. The minimum Gasteiger partial charge on any atom is -0.377 e. The highest BCUT2D eigenvalue weighted by Crippen LogP contribution is 2.17. The molecule has 1 heterocycles. The molecule has 104 valence electrons. The maximum Gasteiger partial charge on any atom is 0.238 e. The number of rotatable bonds is 4. The van der Waals surface area contributed by atoms with Gasteiger partial charge in [0.1, 0.15) is 17.3 Å². The van der Waals surface area contributed by atoms with Crippen molar-refractivity contribution >= 4 is 11.6 Å². The van der Waals surface area contributed by atoms with Gasteiger partial charge in [-0.2, -0.15) is 0 Å². The molecule has 0 saturated carbocycles. The number of anilines is 1. The molecular formula is C13H16F2N2O2. The van der Waals surface area contributed by atoms with Gasteiger partial charge in [0.15, 0.2) is 0 Å². The van der Waals surface area contributed by atoms with Gasteiger partial charge in [0.25, 0.3) is 0 Å². The highest BCUT2D eigenvalue weighted by Gasteiger charge is 2.24. The maximum absolute atomic E-state index is 13.3. The predicted octanol–water partition coefficient (Wildman–Crippen LogP) is 1.67. The molecule has 1 saturated heterocycles. The summed E-state index contributed by atoms with van der Waals surface area (Å²) in [5.74, 6) is -2.06. The molecule has 19 heavy (non-hydrogen) atoms. The molecule has 1 aromatic rings. The van der Waals surface area contributed by atoms with Gasteiger partial charge in [-0.05, 0) is 25.5 Å². The van der Waals surface area contributed by atoms with Gasteiger partial charge in [-0.3, -0.25) is 4.79 Å². The van der Waals surface area contributed by atoms with Gasteiger partial charge in [0, 0.05) is 12.6 Å². The van der Waals surface area contributed by atoms with E-state index >= 15 is 0 Å². The number of hydrogen-bond donors (Lipinski definition) is 2. The van der Waals surface area contributed by atoms with E-state index in [0.29, 0.717) is 6.61 Å². The first-order chi connectivity index (χ1) is 9.08. The fourth-order valence-electron chi connectivity index (χ4n) is 2.02. The molecule has 0 aromatic heterocycles. The Balaban J connectivity index is 1.87. The molecule has 4 nitrogen and oxygen atoms in total. The molecule has 0 spiro atoms. The first-order valence-electron chi connectivity index (χ1n) is 6.17. The summed E-state index contributed by atoms with van der Waals surface area (Å²) >= 11 is 0. The number of carbonyl (C=O) groups excluding carboxylic acids is 1. The van der Waals surface area contributed by atoms with Gasteiger partial charge in [-0.1, -0.05) is 6.07 Å². The van der Waals surface area contributed by atoms with Crippen molar-refractivity contribution in [3.63, 3.8) is 0 Å². The zero-order chi connectivity index (χ0) is 13.8. The van der Waals surface area contributed by atoms with Crippen LogP contribution in [0.25, 0.3) is 0 Å².